The molecule has 0 spiro atoms. The second-order valence-electron chi connectivity index (χ2n) is 8.20. The Morgan fingerprint density at radius 1 is 1.19 bits per heavy atom. The Kier molecular flexibility index (Phi) is 6.38. The molecule has 0 radical (unpaired) electrons. The summed E-state index contributed by atoms with van der Waals surface area (Å²) in [7, 11) is 0. The number of carbonyl (C=O) groups excluding carboxylic acids is 1. The summed E-state index contributed by atoms with van der Waals surface area (Å²) in [5.41, 5.74) is 4.12. The zero-order valence-electron chi connectivity index (χ0n) is 17.8. The minimum absolute atomic E-state index is 0.103. The molecule has 0 fully saturated rings. The van der Waals surface area contributed by atoms with Gasteiger partial charge in [0, 0.05) is 57.4 Å². The molecule has 2 aliphatic heterocycles. The van der Waals surface area contributed by atoms with Crippen LogP contribution in [0.5, 0.6) is 5.75 Å². The predicted octanol–water partition coefficient (Wildman–Crippen LogP) is 2.90. The van der Waals surface area contributed by atoms with Crippen molar-refractivity contribution in [2.45, 2.75) is 25.5 Å². The first-order valence-corrected chi connectivity index (χ1v) is 10.5. The van der Waals surface area contributed by atoms with E-state index < -0.39 is 6.11 Å². The molecule has 1 unspecified atom stereocenters. The van der Waals surface area contributed by atoms with Crippen LogP contribution in [-0.4, -0.2) is 65.8 Å². The van der Waals surface area contributed by atoms with E-state index >= 15 is 0 Å². The number of alkyl halides is 2. The van der Waals surface area contributed by atoms with Gasteiger partial charge in [0.2, 0.25) is 5.91 Å². The number of nitrogens with one attached hydrogen (secondary N) is 1. The number of ether oxygens (including phenoxy) is 1. The summed E-state index contributed by atoms with van der Waals surface area (Å²) in [5, 5.41) is 12.7. The molecule has 0 aliphatic carbocycles. The van der Waals surface area contributed by atoms with Crippen molar-refractivity contribution in [3.05, 3.63) is 59.9 Å². The summed E-state index contributed by atoms with van der Waals surface area (Å²) in [5.74, 6) is -0.0341. The third-order valence-electron chi connectivity index (χ3n) is 5.64. The van der Waals surface area contributed by atoms with Gasteiger partial charge in [-0.2, -0.15) is 8.78 Å². The van der Waals surface area contributed by atoms with E-state index in [4.69, 9.17) is 0 Å². The van der Waals surface area contributed by atoms with Crippen molar-refractivity contribution < 1.29 is 23.4 Å². The summed E-state index contributed by atoms with van der Waals surface area (Å²) in [6.07, 6.45) is 0.205. The van der Waals surface area contributed by atoms with Gasteiger partial charge in [0.05, 0.1) is 18.5 Å². The number of halogens is 2. The highest BCUT2D eigenvalue weighted by Gasteiger charge is 2.34. The molecule has 1 amide bonds. The van der Waals surface area contributed by atoms with Gasteiger partial charge < -0.3 is 20.1 Å². The number of aromatic nitrogens is 1. The lowest BCUT2D eigenvalue weighted by Crippen LogP contribution is -2.41. The molecule has 7 nitrogen and oxygen atoms in total. The topological polar surface area (TPSA) is 77.9 Å². The lowest BCUT2D eigenvalue weighted by molar-refractivity contribution is -0.158. The third kappa shape index (κ3) is 5.41. The zero-order chi connectivity index (χ0) is 22.7. The van der Waals surface area contributed by atoms with Gasteiger partial charge in [0.15, 0.2) is 0 Å². The lowest BCUT2D eigenvalue weighted by atomic mass is 10.1. The second-order valence-corrected chi connectivity index (χ2v) is 8.20. The number of hydrogen-bond acceptors (Lipinski definition) is 6. The molecule has 3 heterocycles. The van der Waals surface area contributed by atoms with E-state index in [2.05, 4.69) is 24.8 Å². The molecule has 2 aliphatic rings. The standard InChI is InChI=1S/C23H26F2N4O3/c1-23(24,25)32-21-6-4-19(5-7-21)28-11-16-13-29(14-17(16)12-28)20(15-30)9-22(31)27-18-3-2-8-26-10-18/h2-8,10,20,30H,9,11-15H2,1H3,(H,27,31). The summed E-state index contributed by atoms with van der Waals surface area (Å²) in [6, 6.07) is 9.90. The highest BCUT2D eigenvalue weighted by molar-refractivity contribution is 5.90. The summed E-state index contributed by atoms with van der Waals surface area (Å²) in [6.45, 7) is 3.46. The maximum Gasteiger partial charge on any atom is 0.394 e. The number of anilines is 2. The highest BCUT2D eigenvalue weighted by atomic mass is 19.3. The molecule has 170 valence electrons. The first-order valence-electron chi connectivity index (χ1n) is 10.5. The van der Waals surface area contributed by atoms with Crippen molar-refractivity contribution in [1.82, 2.24) is 9.88 Å². The molecule has 0 saturated heterocycles. The normalized spacial score (nSPS) is 17.4. The number of hydrogen-bond donors (Lipinski definition) is 2. The van der Waals surface area contributed by atoms with Crippen LogP contribution >= 0.6 is 0 Å². The van der Waals surface area contributed by atoms with Gasteiger partial charge in [0.25, 0.3) is 0 Å². The van der Waals surface area contributed by atoms with Gasteiger partial charge >= 0.3 is 6.11 Å². The maximum absolute atomic E-state index is 13.0. The van der Waals surface area contributed by atoms with E-state index in [-0.39, 0.29) is 30.7 Å². The van der Waals surface area contributed by atoms with Crippen LogP contribution in [0.25, 0.3) is 0 Å². The molecule has 1 atom stereocenters. The molecule has 1 aromatic carbocycles. The van der Waals surface area contributed by atoms with Gasteiger partial charge in [-0.1, -0.05) is 0 Å². The van der Waals surface area contributed by atoms with Gasteiger partial charge in [-0.25, -0.2) is 0 Å². The smallest absolute Gasteiger partial charge is 0.394 e. The van der Waals surface area contributed by atoms with E-state index in [1.165, 1.54) is 11.1 Å². The summed E-state index contributed by atoms with van der Waals surface area (Å²) < 4.78 is 30.6. The van der Waals surface area contributed by atoms with Crippen LogP contribution in [0.4, 0.5) is 20.2 Å². The quantitative estimate of drug-likeness (QED) is 0.610. The van der Waals surface area contributed by atoms with Crippen LogP contribution in [0.15, 0.2) is 59.9 Å². The molecule has 2 N–H and O–H groups in total. The average Bonchev–Trinajstić information content (AvgIpc) is 3.31. The fourth-order valence-corrected chi connectivity index (χ4v) is 4.15. The number of pyridine rings is 1. The van der Waals surface area contributed by atoms with Gasteiger partial charge in [-0.3, -0.25) is 14.7 Å². The maximum atomic E-state index is 13.0. The Labute approximate surface area is 185 Å². The summed E-state index contributed by atoms with van der Waals surface area (Å²) >= 11 is 0. The number of amides is 1. The van der Waals surface area contributed by atoms with Crippen molar-refractivity contribution >= 4 is 17.3 Å². The van der Waals surface area contributed by atoms with Gasteiger partial charge in [-0.15, -0.1) is 0 Å². The largest absolute Gasteiger partial charge is 0.433 e. The fourth-order valence-electron chi connectivity index (χ4n) is 4.15. The fraction of sp³-hybridized carbons (Fsp3) is 0.391. The predicted molar refractivity (Wildman–Crippen MR) is 117 cm³/mol. The monoisotopic (exact) mass is 444 g/mol. The number of carbonyl (C=O) groups is 1. The van der Waals surface area contributed by atoms with E-state index in [1.807, 2.05) is 0 Å². The zero-order valence-corrected chi connectivity index (χ0v) is 17.8. The molecule has 32 heavy (non-hydrogen) atoms. The van der Waals surface area contributed by atoms with Crippen LogP contribution in [-0.2, 0) is 4.79 Å². The van der Waals surface area contributed by atoms with Crippen molar-refractivity contribution in [2.24, 2.45) is 0 Å². The number of rotatable bonds is 8. The Balaban J connectivity index is 1.29. The Morgan fingerprint density at radius 2 is 1.88 bits per heavy atom. The van der Waals surface area contributed by atoms with E-state index in [1.54, 1.807) is 48.8 Å². The summed E-state index contributed by atoms with van der Waals surface area (Å²) in [4.78, 5) is 20.7. The van der Waals surface area contributed by atoms with Crippen molar-refractivity contribution in [3.8, 4) is 5.75 Å². The number of nitrogens with zero attached hydrogens (tertiary/aromatic N) is 3. The molecular weight excluding hydrogens is 418 g/mol. The van der Waals surface area contributed by atoms with Crippen molar-refractivity contribution in [3.63, 3.8) is 0 Å². The van der Waals surface area contributed by atoms with Crippen LogP contribution in [0.1, 0.15) is 13.3 Å². The number of aliphatic hydroxyl groups excluding tert-OH is 1. The van der Waals surface area contributed by atoms with Crippen molar-refractivity contribution in [2.75, 3.05) is 43.0 Å². The minimum Gasteiger partial charge on any atom is -0.433 e. The molecule has 9 heteroatoms. The van der Waals surface area contributed by atoms with E-state index in [0.717, 1.165) is 18.8 Å². The van der Waals surface area contributed by atoms with E-state index in [9.17, 15) is 18.7 Å². The first-order chi connectivity index (χ1) is 15.3. The van der Waals surface area contributed by atoms with Gasteiger partial charge in [0.1, 0.15) is 5.75 Å². The average molecular weight is 444 g/mol. The minimum atomic E-state index is -3.21. The first kappa shape index (κ1) is 22.2. The van der Waals surface area contributed by atoms with Crippen LogP contribution < -0.4 is 15.0 Å². The van der Waals surface area contributed by atoms with Crippen molar-refractivity contribution in [1.29, 1.82) is 0 Å². The molecule has 0 saturated carbocycles. The Morgan fingerprint density at radius 3 is 2.44 bits per heavy atom. The second kappa shape index (κ2) is 9.22. The molecule has 4 rings (SSSR count). The van der Waals surface area contributed by atoms with Gasteiger partial charge in [-0.05, 0) is 47.5 Å². The Bertz CT molecular complexity index is 959. The van der Waals surface area contributed by atoms with Crippen LogP contribution in [0, 0.1) is 0 Å². The molecule has 2 aromatic rings. The molecule has 0 bridgehead atoms. The Hall–Kier alpha value is -3.04. The van der Waals surface area contributed by atoms with E-state index in [0.29, 0.717) is 25.7 Å². The highest BCUT2D eigenvalue weighted by Crippen LogP contribution is 2.32. The van der Waals surface area contributed by atoms with Crippen LogP contribution in [0.3, 0.4) is 0 Å². The SMILES string of the molecule is CC(F)(F)Oc1ccc(N2CC3=C(C2)CN(C(CO)CC(=O)Nc2cccnc2)C3)cc1. The number of benzene rings is 1. The third-order valence-corrected chi connectivity index (χ3v) is 5.64. The molecular formula is C23H26F2N4O3. The lowest BCUT2D eigenvalue weighted by Gasteiger charge is -2.29. The number of aliphatic hydroxyl groups is 1. The van der Waals surface area contributed by atoms with Crippen LogP contribution in [0.2, 0.25) is 0 Å². The molecule has 1 aromatic heterocycles.